The normalized spacial score (nSPS) is 17.4. The molecular weight excluding hydrogens is 350 g/mol. The van der Waals surface area contributed by atoms with Gasteiger partial charge in [0.25, 0.3) is 5.91 Å². The lowest BCUT2D eigenvalue weighted by Crippen LogP contribution is -2.45. The van der Waals surface area contributed by atoms with E-state index in [-0.39, 0.29) is 17.9 Å². The van der Waals surface area contributed by atoms with Gasteiger partial charge in [0.1, 0.15) is 5.69 Å². The average Bonchev–Trinajstić information content (AvgIpc) is 3.09. The summed E-state index contributed by atoms with van der Waals surface area (Å²) in [5.41, 5.74) is 2.04. The van der Waals surface area contributed by atoms with Gasteiger partial charge >= 0.3 is 0 Å². The molecule has 2 heterocycles. The highest BCUT2D eigenvalue weighted by Crippen LogP contribution is 2.21. The van der Waals surface area contributed by atoms with Crippen molar-refractivity contribution in [2.45, 2.75) is 52.1 Å². The molecule has 27 heavy (non-hydrogen) atoms. The number of rotatable bonds is 5. The van der Waals surface area contributed by atoms with Crippen molar-refractivity contribution < 1.29 is 13.6 Å². The highest BCUT2D eigenvalue weighted by atomic mass is 19.2. The number of likely N-dealkylation sites (tertiary alicyclic amines) is 1. The van der Waals surface area contributed by atoms with Crippen molar-refractivity contribution in [1.29, 1.82) is 0 Å². The van der Waals surface area contributed by atoms with E-state index in [1.807, 2.05) is 17.9 Å². The first kappa shape index (κ1) is 19.3. The van der Waals surface area contributed by atoms with Gasteiger partial charge in [-0.3, -0.25) is 9.48 Å². The van der Waals surface area contributed by atoms with Gasteiger partial charge in [-0.05, 0) is 43.9 Å². The summed E-state index contributed by atoms with van der Waals surface area (Å²) >= 11 is 0. The van der Waals surface area contributed by atoms with Crippen molar-refractivity contribution in [3.63, 3.8) is 0 Å². The van der Waals surface area contributed by atoms with Crippen LogP contribution in [0.15, 0.2) is 24.3 Å². The van der Waals surface area contributed by atoms with Crippen molar-refractivity contribution in [2.75, 3.05) is 18.4 Å². The van der Waals surface area contributed by atoms with Crippen LogP contribution in [0.1, 0.15) is 55.7 Å². The number of nitrogens with one attached hydrogen (secondary N) is 1. The van der Waals surface area contributed by atoms with Gasteiger partial charge in [-0.25, -0.2) is 8.78 Å². The van der Waals surface area contributed by atoms with E-state index in [2.05, 4.69) is 24.3 Å². The zero-order chi connectivity index (χ0) is 19.6. The van der Waals surface area contributed by atoms with Gasteiger partial charge in [0, 0.05) is 37.4 Å². The Bertz CT molecular complexity index is 818. The number of aromatic nitrogens is 2. The monoisotopic (exact) mass is 376 g/mol. The standard InChI is InChI=1S/C20H26F2N4O/c1-4-26-19(11-18(24-26)13(2)3)20(27)25-9-5-6-15(12-25)23-14-7-8-16(21)17(22)10-14/h7-8,10-11,13,15,23H,4-6,9,12H2,1-3H3/t15-/m1/s1. The number of amides is 1. The molecule has 7 heteroatoms. The minimum absolute atomic E-state index is 0.00451. The van der Waals surface area contributed by atoms with Gasteiger partial charge in [0.2, 0.25) is 0 Å². The van der Waals surface area contributed by atoms with Gasteiger partial charge in [-0.1, -0.05) is 13.8 Å². The lowest BCUT2D eigenvalue weighted by molar-refractivity contribution is 0.0702. The van der Waals surface area contributed by atoms with Gasteiger partial charge < -0.3 is 10.2 Å². The summed E-state index contributed by atoms with van der Waals surface area (Å²) in [5, 5.41) is 7.74. The fourth-order valence-corrected chi connectivity index (χ4v) is 3.40. The lowest BCUT2D eigenvalue weighted by atomic mass is 10.0. The summed E-state index contributed by atoms with van der Waals surface area (Å²) in [6.45, 7) is 7.92. The number of carbonyl (C=O) groups is 1. The first-order chi connectivity index (χ1) is 12.9. The Morgan fingerprint density at radius 1 is 1.30 bits per heavy atom. The molecule has 3 rings (SSSR count). The lowest BCUT2D eigenvalue weighted by Gasteiger charge is -2.33. The van der Waals surface area contributed by atoms with E-state index in [1.165, 1.54) is 6.07 Å². The third-order valence-corrected chi connectivity index (χ3v) is 4.91. The van der Waals surface area contributed by atoms with Gasteiger partial charge in [-0.15, -0.1) is 0 Å². The van der Waals surface area contributed by atoms with Crippen molar-refractivity contribution in [1.82, 2.24) is 14.7 Å². The highest BCUT2D eigenvalue weighted by Gasteiger charge is 2.27. The summed E-state index contributed by atoms with van der Waals surface area (Å²) < 4.78 is 28.3. The molecule has 0 spiro atoms. The quantitative estimate of drug-likeness (QED) is 0.857. The van der Waals surface area contributed by atoms with Crippen LogP contribution >= 0.6 is 0 Å². The molecule has 2 aromatic rings. The van der Waals surface area contributed by atoms with Gasteiger partial charge in [-0.2, -0.15) is 5.10 Å². The Kier molecular flexibility index (Phi) is 5.77. The number of aryl methyl sites for hydroxylation is 1. The SMILES string of the molecule is CCn1nc(C(C)C)cc1C(=O)N1CCC[C@@H](Nc2ccc(F)c(F)c2)C1. The molecule has 1 aromatic carbocycles. The third-order valence-electron chi connectivity index (χ3n) is 4.91. The second-order valence-corrected chi connectivity index (χ2v) is 7.29. The van der Waals surface area contributed by atoms with Crippen LogP contribution < -0.4 is 5.32 Å². The number of anilines is 1. The zero-order valence-electron chi connectivity index (χ0n) is 16.0. The largest absolute Gasteiger partial charge is 0.380 e. The summed E-state index contributed by atoms with van der Waals surface area (Å²) in [7, 11) is 0. The van der Waals surface area contributed by atoms with E-state index in [0.717, 1.165) is 30.7 Å². The summed E-state index contributed by atoms with van der Waals surface area (Å²) in [6.07, 6.45) is 1.72. The minimum atomic E-state index is -0.878. The molecule has 1 aliphatic rings. The molecule has 0 unspecified atom stereocenters. The van der Waals surface area contributed by atoms with Crippen LogP contribution in [-0.4, -0.2) is 39.7 Å². The maximum atomic E-state index is 13.4. The third kappa shape index (κ3) is 4.28. The van der Waals surface area contributed by atoms with Crippen LogP contribution in [0.3, 0.4) is 0 Å². The Hall–Kier alpha value is -2.44. The van der Waals surface area contributed by atoms with Crippen LogP contribution in [0.5, 0.6) is 0 Å². The first-order valence-electron chi connectivity index (χ1n) is 9.47. The molecule has 0 aliphatic carbocycles. The maximum Gasteiger partial charge on any atom is 0.272 e. The van der Waals surface area contributed by atoms with Crippen LogP contribution in [-0.2, 0) is 6.54 Å². The Morgan fingerprint density at radius 3 is 2.74 bits per heavy atom. The molecule has 0 bridgehead atoms. The van der Waals surface area contributed by atoms with Crippen LogP contribution in [0.2, 0.25) is 0 Å². The number of piperidine rings is 1. The van der Waals surface area contributed by atoms with Crippen LogP contribution in [0, 0.1) is 11.6 Å². The highest BCUT2D eigenvalue weighted by molar-refractivity contribution is 5.93. The van der Waals surface area contributed by atoms with Crippen molar-refractivity contribution in [2.24, 2.45) is 0 Å². The van der Waals surface area contributed by atoms with E-state index < -0.39 is 11.6 Å². The molecule has 146 valence electrons. The van der Waals surface area contributed by atoms with Crippen molar-refractivity contribution >= 4 is 11.6 Å². The fraction of sp³-hybridized carbons (Fsp3) is 0.500. The molecule has 1 aromatic heterocycles. The van der Waals surface area contributed by atoms with E-state index in [0.29, 0.717) is 31.0 Å². The van der Waals surface area contributed by atoms with Crippen LogP contribution in [0.25, 0.3) is 0 Å². The summed E-state index contributed by atoms with van der Waals surface area (Å²) in [6, 6.07) is 5.65. The molecule has 0 radical (unpaired) electrons. The molecule has 1 N–H and O–H groups in total. The summed E-state index contributed by atoms with van der Waals surface area (Å²) in [4.78, 5) is 14.9. The van der Waals surface area contributed by atoms with E-state index in [1.54, 1.807) is 4.68 Å². The molecule has 1 saturated heterocycles. The van der Waals surface area contributed by atoms with Crippen molar-refractivity contribution in [3.05, 3.63) is 47.3 Å². The maximum absolute atomic E-state index is 13.4. The van der Waals surface area contributed by atoms with Gasteiger partial charge in [0.15, 0.2) is 11.6 Å². The molecule has 1 atom stereocenters. The van der Waals surface area contributed by atoms with E-state index in [9.17, 15) is 13.6 Å². The molecule has 5 nitrogen and oxygen atoms in total. The van der Waals surface area contributed by atoms with Crippen LogP contribution in [0.4, 0.5) is 14.5 Å². The molecule has 1 fully saturated rings. The second-order valence-electron chi connectivity index (χ2n) is 7.29. The van der Waals surface area contributed by atoms with E-state index >= 15 is 0 Å². The molecular formula is C20H26F2N4O. The smallest absolute Gasteiger partial charge is 0.272 e. The number of nitrogens with zero attached hydrogens (tertiary/aromatic N) is 3. The average molecular weight is 376 g/mol. The number of carbonyl (C=O) groups excluding carboxylic acids is 1. The predicted octanol–water partition coefficient (Wildman–Crippen LogP) is 4.02. The molecule has 1 aliphatic heterocycles. The molecule has 0 saturated carbocycles. The number of halogens is 2. The zero-order valence-corrected chi connectivity index (χ0v) is 16.0. The molecule has 1 amide bonds. The number of benzene rings is 1. The predicted molar refractivity (Wildman–Crippen MR) is 101 cm³/mol. The first-order valence-corrected chi connectivity index (χ1v) is 9.47. The Morgan fingerprint density at radius 2 is 2.07 bits per heavy atom. The summed E-state index contributed by atoms with van der Waals surface area (Å²) in [5.74, 6) is -1.52. The Labute approximate surface area is 158 Å². The van der Waals surface area contributed by atoms with E-state index in [4.69, 9.17) is 0 Å². The number of hydrogen-bond acceptors (Lipinski definition) is 3. The van der Waals surface area contributed by atoms with Crippen molar-refractivity contribution in [3.8, 4) is 0 Å². The number of hydrogen-bond donors (Lipinski definition) is 1. The van der Waals surface area contributed by atoms with Gasteiger partial charge in [0.05, 0.1) is 5.69 Å². The Balaban J connectivity index is 1.72. The fourth-order valence-electron chi connectivity index (χ4n) is 3.40. The minimum Gasteiger partial charge on any atom is -0.380 e. The second kappa shape index (κ2) is 8.06. The topological polar surface area (TPSA) is 50.2 Å².